The molecule has 2 amide bonds. The van der Waals surface area contributed by atoms with E-state index < -0.39 is 11.7 Å². The van der Waals surface area contributed by atoms with Crippen molar-refractivity contribution >= 4 is 33.7 Å². The van der Waals surface area contributed by atoms with Gasteiger partial charge in [0.25, 0.3) is 5.91 Å². The van der Waals surface area contributed by atoms with Crippen LogP contribution in [0.25, 0.3) is 0 Å². The van der Waals surface area contributed by atoms with Crippen molar-refractivity contribution in [2.45, 2.75) is 0 Å². The van der Waals surface area contributed by atoms with Crippen LogP contribution in [0, 0.1) is 5.82 Å². The van der Waals surface area contributed by atoms with Crippen LogP contribution in [-0.4, -0.2) is 36.3 Å². The highest BCUT2D eigenvalue weighted by atomic mass is 79.9. The summed E-state index contributed by atoms with van der Waals surface area (Å²) in [4.78, 5) is 28.0. The van der Waals surface area contributed by atoms with Crippen LogP contribution >= 0.6 is 15.9 Å². The summed E-state index contributed by atoms with van der Waals surface area (Å²) in [6.45, 7) is 0.132. The fraction of sp³-hybridized carbons (Fsp3) is 0.182. The quantitative estimate of drug-likeness (QED) is 0.846. The number of carbonyl (C=O) groups excluding carboxylic acids is 2. The van der Waals surface area contributed by atoms with Crippen LogP contribution in [0.15, 0.2) is 27.7 Å². The van der Waals surface area contributed by atoms with Gasteiger partial charge in [-0.25, -0.2) is 4.39 Å². The highest BCUT2D eigenvalue weighted by Crippen LogP contribution is 2.16. The number of halogens is 2. The first-order valence-electron chi connectivity index (χ1n) is 5.06. The third-order valence-electron chi connectivity index (χ3n) is 2.36. The van der Waals surface area contributed by atoms with Gasteiger partial charge in [-0.15, -0.1) is 0 Å². The highest BCUT2D eigenvalue weighted by molar-refractivity contribution is 9.10. The lowest BCUT2D eigenvalue weighted by atomic mass is 10.2. The Kier molecular flexibility index (Phi) is 3.42. The van der Waals surface area contributed by atoms with Crippen molar-refractivity contribution in [3.8, 4) is 0 Å². The molecule has 1 heterocycles. The Morgan fingerprint density at radius 1 is 1.56 bits per heavy atom. The molecule has 1 saturated heterocycles. The van der Waals surface area contributed by atoms with E-state index in [4.69, 9.17) is 0 Å². The van der Waals surface area contributed by atoms with E-state index in [1.54, 1.807) is 7.05 Å². The minimum absolute atomic E-state index is 0.129. The molecule has 5 nitrogen and oxygen atoms in total. The van der Waals surface area contributed by atoms with E-state index in [9.17, 15) is 14.0 Å². The van der Waals surface area contributed by atoms with Gasteiger partial charge in [0.1, 0.15) is 5.82 Å². The Balaban J connectivity index is 2.30. The second-order valence-electron chi connectivity index (χ2n) is 3.77. The summed E-state index contributed by atoms with van der Waals surface area (Å²) in [5, 5.41) is 2.42. The maximum atomic E-state index is 13.5. The van der Waals surface area contributed by atoms with Crippen LogP contribution in [0.3, 0.4) is 0 Å². The van der Waals surface area contributed by atoms with Gasteiger partial charge in [0.2, 0.25) is 11.9 Å². The second kappa shape index (κ2) is 4.85. The maximum absolute atomic E-state index is 13.5. The summed E-state index contributed by atoms with van der Waals surface area (Å²) >= 11 is 3.15. The molecular weight excluding hydrogens is 305 g/mol. The summed E-state index contributed by atoms with van der Waals surface area (Å²) < 4.78 is 14.0. The van der Waals surface area contributed by atoms with Gasteiger partial charge >= 0.3 is 0 Å². The lowest BCUT2D eigenvalue weighted by Gasteiger charge is -2.08. The highest BCUT2D eigenvalue weighted by Gasteiger charge is 2.23. The molecule has 1 aromatic carbocycles. The van der Waals surface area contributed by atoms with Gasteiger partial charge in [0, 0.05) is 11.5 Å². The third kappa shape index (κ3) is 2.56. The smallest absolute Gasteiger partial charge is 0.283 e. The number of hydrogen-bond acceptors (Lipinski definition) is 2. The number of benzene rings is 1. The fourth-order valence-electron chi connectivity index (χ4n) is 1.48. The standard InChI is InChI=1S/C11H9BrFN3O2/c1-16-5-9(17)14-11(16)15-10(18)7-4-6(12)2-3-8(7)13/h2-4H,5H2,1H3,(H,14,15,17,18). The molecule has 1 aromatic rings. The Labute approximate surface area is 111 Å². The number of carbonyl (C=O) groups is 2. The van der Waals surface area contributed by atoms with Gasteiger partial charge in [-0.1, -0.05) is 15.9 Å². The number of nitrogens with one attached hydrogen (secondary N) is 1. The van der Waals surface area contributed by atoms with E-state index in [1.807, 2.05) is 0 Å². The summed E-state index contributed by atoms with van der Waals surface area (Å²) in [5.41, 5.74) is -0.147. The second-order valence-corrected chi connectivity index (χ2v) is 4.68. The van der Waals surface area contributed by atoms with E-state index in [0.717, 1.165) is 0 Å². The van der Waals surface area contributed by atoms with E-state index >= 15 is 0 Å². The normalized spacial score (nSPS) is 17.2. The molecule has 0 aromatic heterocycles. The van der Waals surface area contributed by atoms with Gasteiger partial charge in [0.05, 0.1) is 12.1 Å². The Morgan fingerprint density at radius 3 is 2.89 bits per heavy atom. The van der Waals surface area contributed by atoms with Crippen LogP contribution in [0.5, 0.6) is 0 Å². The van der Waals surface area contributed by atoms with Crippen LogP contribution in [0.4, 0.5) is 4.39 Å². The molecule has 94 valence electrons. The molecule has 1 N–H and O–H groups in total. The van der Waals surface area contributed by atoms with Crippen molar-refractivity contribution < 1.29 is 14.0 Å². The van der Waals surface area contributed by atoms with Gasteiger partial charge in [-0.05, 0) is 18.2 Å². The molecule has 18 heavy (non-hydrogen) atoms. The molecule has 7 heteroatoms. The molecule has 0 atom stereocenters. The Morgan fingerprint density at radius 2 is 2.28 bits per heavy atom. The Bertz CT molecular complexity index is 559. The summed E-state index contributed by atoms with van der Waals surface area (Å²) in [6, 6.07) is 4.01. The first kappa shape index (κ1) is 12.7. The van der Waals surface area contributed by atoms with E-state index in [2.05, 4.69) is 26.2 Å². The Hall–Kier alpha value is -1.76. The average Bonchev–Trinajstić information content (AvgIpc) is 2.61. The van der Waals surface area contributed by atoms with Crippen molar-refractivity contribution in [1.29, 1.82) is 0 Å². The fourth-order valence-corrected chi connectivity index (χ4v) is 1.84. The molecule has 0 unspecified atom stereocenters. The van der Waals surface area contributed by atoms with Crippen LogP contribution < -0.4 is 5.32 Å². The monoisotopic (exact) mass is 313 g/mol. The number of likely N-dealkylation sites (N-methyl/N-ethyl adjacent to an activating group) is 1. The van der Waals surface area contributed by atoms with Gasteiger partial charge < -0.3 is 4.90 Å². The number of amides is 2. The molecule has 0 aliphatic carbocycles. The van der Waals surface area contributed by atoms with Crippen LogP contribution in [0.1, 0.15) is 10.4 Å². The first-order valence-corrected chi connectivity index (χ1v) is 5.86. The number of nitrogens with zero attached hydrogens (tertiary/aromatic N) is 2. The topological polar surface area (TPSA) is 61.8 Å². The minimum Gasteiger partial charge on any atom is -0.336 e. The lowest BCUT2D eigenvalue weighted by molar-refractivity contribution is -0.118. The number of rotatable bonds is 1. The van der Waals surface area contributed by atoms with Gasteiger partial charge in [0.15, 0.2) is 0 Å². The predicted molar refractivity (Wildman–Crippen MR) is 66.6 cm³/mol. The van der Waals surface area contributed by atoms with Gasteiger partial charge in [-0.2, -0.15) is 4.99 Å². The van der Waals surface area contributed by atoms with Crippen LogP contribution in [-0.2, 0) is 4.79 Å². The zero-order valence-electron chi connectivity index (χ0n) is 9.41. The molecule has 1 aliphatic heterocycles. The number of guanidine groups is 1. The van der Waals surface area contributed by atoms with E-state index in [-0.39, 0.29) is 24.0 Å². The third-order valence-corrected chi connectivity index (χ3v) is 2.85. The number of hydrogen-bond donors (Lipinski definition) is 1. The lowest BCUT2D eigenvalue weighted by Crippen LogP contribution is -2.28. The zero-order chi connectivity index (χ0) is 13.3. The van der Waals surface area contributed by atoms with Crippen molar-refractivity contribution in [1.82, 2.24) is 10.2 Å². The molecule has 1 fully saturated rings. The summed E-state index contributed by atoms with van der Waals surface area (Å²) in [5.74, 6) is -1.51. The SMILES string of the molecule is CN1CC(=O)NC1=NC(=O)c1cc(Br)ccc1F. The van der Waals surface area contributed by atoms with Crippen molar-refractivity contribution in [2.24, 2.45) is 4.99 Å². The summed E-state index contributed by atoms with van der Waals surface area (Å²) in [6.07, 6.45) is 0. The molecular formula is C11H9BrFN3O2. The molecule has 0 saturated carbocycles. The molecule has 1 aliphatic rings. The van der Waals surface area contributed by atoms with Crippen molar-refractivity contribution in [3.05, 3.63) is 34.1 Å². The molecule has 0 radical (unpaired) electrons. The largest absolute Gasteiger partial charge is 0.336 e. The molecule has 0 spiro atoms. The predicted octanol–water partition coefficient (Wildman–Crippen LogP) is 1.15. The average molecular weight is 314 g/mol. The maximum Gasteiger partial charge on any atom is 0.283 e. The van der Waals surface area contributed by atoms with E-state index in [1.165, 1.54) is 23.1 Å². The van der Waals surface area contributed by atoms with Gasteiger partial charge in [-0.3, -0.25) is 14.9 Å². The zero-order valence-corrected chi connectivity index (χ0v) is 11.0. The van der Waals surface area contributed by atoms with Crippen molar-refractivity contribution in [2.75, 3.05) is 13.6 Å². The summed E-state index contributed by atoms with van der Waals surface area (Å²) in [7, 11) is 1.61. The first-order chi connectivity index (χ1) is 8.47. The number of aliphatic imine (C=N–C) groups is 1. The van der Waals surface area contributed by atoms with E-state index in [0.29, 0.717) is 4.47 Å². The molecule has 0 bridgehead atoms. The molecule has 2 rings (SSSR count). The van der Waals surface area contributed by atoms with Crippen molar-refractivity contribution in [3.63, 3.8) is 0 Å². The van der Waals surface area contributed by atoms with Crippen LogP contribution in [0.2, 0.25) is 0 Å². The minimum atomic E-state index is -0.738.